The molecule has 138 valence electrons. The van der Waals surface area contributed by atoms with Crippen molar-refractivity contribution in [1.82, 2.24) is 5.32 Å². The van der Waals surface area contributed by atoms with Crippen molar-refractivity contribution in [3.8, 4) is 0 Å². The van der Waals surface area contributed by atoms with Crippen molar-refractivity contribution >= 4 is 11.9 Å². The van der Waals surface area contributed by atoms with Crippen LogP contribution in [0.5, 0.6) is 0 Å². The van der Waals surface area contributed by atoms with Gasteiger partial charge >= 0.3 is 5.97 Å². The van der Waals surface area contributed by atoms with Gasteiger partial charge in [-0.3, -0.25) is 4.79 Å². The van der Waals surface area contributed by atoms with Crippen molar-refractivity contribution in [3.63, 3.8) is 0 Å². The summed E-state index contributed by atoms with van der Waals surface area (Å²) in [5, 5.41) is 2.95. The van der Waals surface area contributed by atoms with Gasteiger partial charge in [-0.1, -0.05) is 60.7 Å². The average molecular weight is 363 g/mol. The summed E-state index contributed by atoms with van der Waals surface area (Å²) < 4.78 is 10.2. The van der Waals surface area contributed by atoms with Crippen LogP contribution in [-0.4, -0.2) is 18.5 Å². The lowest BCUT2D eigenvalue weighted by molar-refractivity contribution is -0.125. The van der Waals surface area contributed by atoms with Crippen LogP contribution in [0.4, 0.5) is 0 Å². The molecule has 0 bridgehead atoms. The van der Waals surface area contributed by atoms with E-state index in [-0.39, 0.29) is 24.3 Å². The molecule has 0 spiro atoms. The molecule has 5 nitrogen and oxygen atoms in total. The van der Waals surface area contributed by atoms with Crippen molar-refractivity contribution in [1.29, 1.82) is 0 Å². The fraction of sp³-hybridized carbons (Fsp3) is 0.182. The topological polar surface area (TPSA) is 68.5 Å². The van der Waals surface area contributed by atoms with E-state index in [0.717, 1.165) is 11.1 Å². The zero-order valence-corrected chi connectivity index (χ0v) is 15.1. The highest BCUT2D eigenvalue weighted by Crippen LogP contribution is 2.18. The molecule has 0 aliphatic carbocycles. The summed E-state index contributed by atoms with van der Waals surface area (Å²) >= 11 is 0. The van der Waals surface area contributed by atoms with Gasteiger partial charge in [0.05, 0.1) is 12.3 Å². The van der Waals surface area contributed by atoms with Crippen molar-refractivity contribution < 1.29 is 18.7 Å². The first kappa shape index (κ1) is 18.5. The zero-order chi connectivity index (χ0) is 19.1. The first-order valence-corrected chi connectivity index (χ1v) is 8.73. The van der Waals surface area contributed by atoms with E-state index in [1.807, 2.05) is 60.7 Å². The highest BCUT2D eigenvalue weighted by Gasteiger charge is 2.19. The van der Waals surface area contributed by atoms with Gasteiger partial charge in [-0.15, -0.1) is 0 Å². The standard InChI is InChI=1S/C22H21NO4/c1-16-12-13-26-21(16)22(25)27-15-20(24)23-19(18-10-6-3-7-11-18)14-17-8-4-2-5-9-17/h2-13,19H,14-15H2,1H3,(H,23,24). The maximum absolute atomic E-state index is 12.4. The Morgan fingerprint density at radius 1 is 1.00 bits per heavy atom. The molecule has 0 fully saturated rings. The van der Waals surface area contributed by atoms with Gasteiger partial charge in [-0.2, -0.15) is 0 Å². The van der Waals surface area contributed by atoms with Crippen LogP contribution in [0, 0.1) is 6.92 Å². The largest absolute Gasteiger partial charge is 0.457 e. The third kappa shape index (κ3) is 5.07. The van der Waals surface area contributed by atoms with E-state index >= 15 is 0 Å². The summed E-state index contributed by atoms with van der Waals surface area (Å²) in [5.41, 5.74) is 2.77. The van der Waals surface area contributed by atoms with E-state index in [2.05, 4.69) is 5.32 Å². The molecule has 2 aromatic carbocycles. The van der Waals surface area contributed by atoms with Gasteiger partial charge in [0.25, 0.3) is 5.91 Å². The molecule has 5 heteroatoms. The number of carbonyl (C=O) groups is 2. The Morgan fingerprint density at radius 2 is 1.67 bits per heavy atom. The molecule has 0 radical (unpaired) electrons. The molecule has 27 heavy (non-hydrogen) atoms. The number of hydrogen-bond acceptors (Lipinski definition) is 4. The second-order valence-corrected chi connectivity index (χ2v) is 6.23. The second-order valence-electron chi connectivity index (χ2n) is 6.23. The van der Waals surface area contributed by atoms with Crippen molar-refractivity contribution in [2.24, 2.45) is 0 Å². The molecule has 0 saturated carbocycles. The van der Waals surface area contributed by atoms with Crippen LogP contribution in [-0.2, 0) is 16.0 Å². The lowest BCUT2D eigenvalue weighted by Gasteiger charge is -2.19. The van der Waals surface area contributed by atoms with Gasteiger partial charge in [0, 0.05) is 5.56 Å². The molecule has 1 amide bonds. The third-order valence-corrected chi connectivity index (χ3v) is 4.20. The minimum absolute atomic E-state index is 0.117. The number of benzene rings is 2. The molecule has 0 aliphatic rings. The summed E-state index contributed by atoms with van der Waals surface area (Å²) in [5.74, 6) is -0.893. The number of furan rings is 1. The fourth-order valence-electron chi connectivity index (χ4n) is 2.80. The van der Waals surface area contributed by atoms with Crippen molar-refractivity contribution in [3.05, 3.63) is 95.4 Å². The molecule has 1 aromatic heterocycles. The van der Waals surface area contributed by atoms with Crippen LogP contribution in [0.3, 0.4) is 0 Å². The van der Waals surface area contributed by atoms with Crippen LogP contribution in [0.1, 0.15) is 33.3 Å². The average Bonchev–Trinajstić information content (AvgIpc) is 3.13. The number of carbonyl (C=O) groups excluding carboxylic acids is 2. The minimum Gasteiger partial charge on any atom is -0.457 e. The number of rotatable bonds is 7. The summed E-state index contributed by atoms with van der Waals surface area (Å²) in [6, 6.07) is 21.1. The van der Waals surface area contributed by atoms with E-state index < -0.39 is 5.97 Å². The summed E-state index contributed by atoms with van der Waals surface area (Å²) in [7, 11) is 0. The first-order chi connectivity index (χ1) is 13.1. The quantitative estimate of drug-likeness (QED) is 0.648. The molecular formula is C22H21NO4. The zero-order valence-electron chi connectivity index (χ0n) is 15.1. The molecule has 1 N–H and O–H groups in total. The van der Waals surface area contributed by atoms with Gasteiger partial charge in [0.2, 0.25) is 5.76 Å². The maximum Gasteiger partial charge on any atom is 0.375 e. The van der Waals surface area contributed by atoms with Crippen LogP contribution < -0.4 is 5.32 Å². The predicted molar refractivity (Wildman–Crippen MR) is 101 cm³/mol. The van der Waals surface area contributed by atoms with Gasteiger partial charge < -0.3 is 14.5 Å². The normalized spacial score (nSPS) is 11.6. The maximum atomic E-state index is 12.4. The highest BCUT2D eigenvalue weighted by atomic mass is 16.5. The van der Waals surface area contributed by atoms with Crippen LogP contribution >= 0.6 is 0 Å². The molecule has 3 rings (SSSR count). The number of esters is 1. The number of hydrogen-bond donors (Lipinski definition) is 1. The first-order valence-electron chi connectivity index (χ1n) is 8.73. The van der Waals surface area contributed by atoms with Crippen LogP contribution in [0.25, 0.3) is 0 Å². The van der Waals surface area contributed by atoms with Gasteiger partial charge in [0.15, 0.2) is 6.61 Å². The number of amides is 1. The van der Waals surface area contributed by atoms with Crippen LogP contribution in [0.2, 0.25) is 0 Å². The van der Waals surface area contributed by atoms with Crippen molar-refractivity contribution in [2.75, 3.05) is 6.61 Å². The molecule has 0 aliphatic heterocycles. The van der Waals surface area contributed by atoms with E-state index in [0.29, 0.717) is 12.0 Å². The van der Waals surface area contributed by atoms with E-state index in [9.17, 15) is 9.59 Å². The Bertz CT molecular complexity index is 887. The van der Waals surface area contributed by atoms with Crippen LogP contribution in [0.15, 0.2) is 77.4 Å². The Hall–Kier alpha value is -3.34. The highest BCUT2D eigenvalue weighted by molar-refractivity contribution is 5.90. The molecule has 3 aromatic rings. The fourth-order valence-corrected chi connectivity index (χ4v) is 2.80. The lowest BCUT2D eigenvalue weighted by atomic mass is 9.99. The van der Waals surface area contributed by atoms with Gasteiger partial charge in [-0.05, 0) is 30.5 Å². The van der Waals surface area contributed by atoms with Gasteiger partial charge in [-0.25, -0.2) is 4.79 Å². The van der Waals surface area contributed by atoms with Crippen molar-refractivity contribution in [2.45, 2.75) is 19.4 Å². The SMILES string of the molecule is Cc1ccoc1C(=O)OCC(=O)NC(Cc1ccccc1)c1ccccc1. The van der Waals surface area contributed by atoms with Gasteiger partial charge in [0.1, 0.15) is 0 Å². The molecule has 1 atom stereocenters. The third-order valence-electron chi connectivity index (χ3n) is 4.20. The monoisotopic (exact) mass is 363 g/mol. The lowest BCUT2D eigenvalue weighted by Crippen LogP contribution is -2.33. The Morgan fingerprint density at radius 3 is 2.30 bits per heavy atom. The smallest absolute Gasteiger partial charge is 0.375 e. The minimum atomic E-state index is -0.646. The molecule has 0 saturated heterocycles. The Kier molecular flexibility index (Phi) is 6.05. The molecular weight excluding hydrogens is 342 g/mol. The van der Waals surface area contributed by atoms with E-state index in [4.69, 9.17) is 9.15 Å². The summed E-state index contributed by atoms with van der Waals surface area (Å²) in [6.07, 6.45) is 2.05. The summed E-state index contributed by atoms with van der Waals surface area (Å²) in [6.45, 7) is 1.38. The summed E-state index contributed by atoms with van der Waals surface area (Å²) in [4.78, 5) is 24.3. The number of ether oxygens (including phenoxy) is 1. The Balaban J connectivity index is 1.64. The Labute approximate surface area is 158 Å². The molecule has 1 unspecified atom stereocenters. The predicted octanol–water partition coefficient (Wildman–Crippen LogP) is 3.85. The number of aryl methyl sites for hydroxylation is 1. The van der Waals surface area contributed by atoms with E-state index in [1.54, 1.807) is 13.0 Å². The second kappa shape index (κ2) is 8.85. The van der Waals surface area contributed by atoms with E-state index in [1.165, 1.54) is 6.26 Å². The molecule has 1 heterocycles. The number of nitrogens with one attached hydrogen (secondary N) is 1.